The van der Waals surface area contributed by atoms with E-state index in [0.29, 0.717) is 0 Å². The number of hydrogen-bond acceptors (Lipinski definition) is 2. The van der Waals surface area contributed by atoms with Gasteiger partial charge in [-0.05, 0) is 41.5 Å². The molecule has 5 rings (SSSR count). The second kappa shape index (κ2) is 6.52. The molecule has 5 heteroatoms. The van der Waals surface area contributed by atoms with Crippen LogP contribution < -0.4 is 0 Å². The zero-order chi connectivity index (χ0) is 18.5. The first-order valence-electron chi connectivity index (χ1n) is 9.11. The maximum atomic E-state index is 6.15. The summed E-state index contributed by atoms with van der Waals surface area (Å²) in [7, 11) is 2.17. The van der Waals surface area contributed by atoms with Crippen LogP contribution in [-0.4, -0.2) is 21.0 Å². The van der Waals surface area contributed by atoms with Gasteiger partial charge >= 0.3 is 0 Å². The van der Waals surface area contributed by atoms with Crippen molar-refractivity contribution in [2.75, 3.05) is 6.54 Å². The summed E-state index contributed by atoms with van der Waals surface area (Å²) >= 11 is 12.2. The Hall–Kier alpha value is -2.07. The highest BCUT2D eigenvalue weighted by atomic mass is 35.5. The number of hydrogen-bond donors (Lipinski definition) is 0. The first-order valence-corrected chi connectivity index (χ1v) is 9.87. The van der Waals surface area contributed by atoms with E-state index in [9.17, 15) is 0 Å². The van der Waals surface area contributed by atoms with E-state index >= 15 is 0 Å². The zero-order valence-electron chi connectivity index (χ0n) is 15.0. The maximum Gasteiger partial charge on any atom is 0.0738 e. The Bertz CT molecular complexity index is 1160. The van der Waals surface area contributed by atoms with Crippen molar-refractivity contribution in [1.82, 2.24) is 14.5 Å². The first kappa shape index (κ1) is 17.1. The number of nitrogens with zero attached hydrogens (tertiary/aromatic N) is 3. The summed E-state index contributed by atoms with van der Waals surface area (Å²) in [5.74, 6) is 0. The summed E-state index contributed by atoms with van der Waals surface area (Å²) in [6, 6.07) is 14.1. The molecule has 0 fully saturated rings. The van der Waals surface area contributed by atoms with Gasteiger partial charge in [0.25, 0.3) is 0 Å². The van der Waals surface area contributed by atoms with Crippen LogP contribution in [0.25, 0.3) is 21.8 Å². The number of fused-ring (bicyclic) bond motifs is 5. The quantitative estimate of drug-likeness (QED) is 0.440. The third-order valence-corrected chi connectivity index (χ3v) is 6.07. The smallest absolute Gasteiger partial charge is 0.0738 e. The third kappa shape index (κ3) is 2.91. The fraction of sp³-hybridized carbons (Fsp3) is 0.227. The van der Waals surface area contributed by atoms with Gasteiger partial charge in [-0.1, -0.05) is 35.3 Å². The normalized spacial score (nSPS) is 14.8. The van der Waals surface area contributed by atoms with Gasteiger partial charge in [0.15, 0.2) is 0 Å². The average Bonchev–Trinajstić information content (AvgIpc) is 2.96. The molecule has 0 aliphatic carbocycles. The highest BCUT2D eigenvalue weighted by Gasteiger charge is 2.24. The highest BCUT2D eigenvalue weighted by molar-refractivity contribution is 6.31. The second-order valence-corrected chi connectivity index (χ2v) is 8.13. The molecule has 0 radical (unpaired) electrons. The van der Waals surface area contributed by atoms with Crippen LogP contribution in [0.5, 0.6) is 0 Å². The Morgan fingerprint density at radius 2 is 1.78 bits per heavy atom. The molecule has 0 atom stereocenters. The Balaban J connectivity index is 1.56. The molecule has 0 bridgehead atoms. The number of aromatic nitrogens is 2. The van der Waals surface area contributed by atoms with Crippen molar-refractivity contribution in [2.45, 2.75) is 19.5 Å². The van der Waals surface area contributed by atoms with Crippen LogP contribution in [0.4, 0.5) is 0 Å². The van der Waals surface area contributed by atoms with Crippen LogP contribution >= 0.6 is 23.2 Å². The standard InChI is InChI=1S/C22H19Cl2N3/c1-26-21-8-9-27(12-14-2-4-15(23)5-3-14)13-19(21)18-11-25-20-10-16(24)6-7-17(20)22(18)26/h2-7,10-11H,8-9,12-13H2,1H3. The molecule has 3 heterocycles. The van der Waals surface area contributed by atoms with Crippen LogP contribution in [0.2, 0.25) is 10.0 Å². The van der Waals surface area contributed by atoms with Crippen LogP contribution in [0.15, 0.2) is 48.7 Å². The van der Waals surface area contributed by atoms with E-state index in [1.165, 1.54) is 27.7 Å². The van der Waals surface area contributed by atoms with Crippen molar-refractivity contribution in [2.24, 2.45) is 7.05 Å². The monoisotopic (exact) mass is 395 g/mol. The van der Waals surface area contributed by atoms with Gasteiger partial charge in [-0.2, -0.15) is 0 Å². The molecule has 0 saturated carbocycles. The van der Waals surface area contributed by atoms with E-state index in [0.717, 1.165) is 47.0 Å². The molecule has 136 valence electrons. The zero-order valence-corrected chi connectivity index (χ0v) is 16.6. The SMILES string of the molecule is Cn1c2c(c3cnc4cc(Cl)ccc4c31)CN(Cc1ccc(Cl)cc1)CC2. The van der Waals surface area contributed by atoms with Crippen LogP contribution in [0.1, 0.15) is 16.8 Å². The summed E-state index contributed by atoms with van der Waals surface area (Å²) in [6.45, 7) is 2.93. The molecule has 27 heavy (non-hydrogen) atoms. The molecular weight excluding hydrogens is 377 g/mol. The molecule has 0 unspecified atom stereocenters. The molecule has 0 N–H and O–H groups in total. The first-order chi connectivity index (χ1) is 13.1. The fourth-order valence-corrected chi connectivity index (χ4v) is 4.56. The molecule has 0 saturated heterocycles. The van der Waals surface area contributed by atoms with Gasteiger partial charge in [0.2, 0.25) is 0 Å². The largest absolute Gasteiger partial charge is 0.347 e. The number of aryl methyl sites for hydroxylation is 1. The molecule has 2 aromatic heterocycles. The molecule has 2 aromatic carbocycles. The van der Waals surface area contributed by atoms with Crippen molar-refractivity contribution >= 4 is 45.0 Å². The summed E-state index contributed by atoms with van der Waals surface area (Å²) in [4.78, 5) is 7.18. The van der Waals surface area contributed by atoms with Crippen molar-refractivity contribution < 1.29 is 0 Å². The third-order valence-electron chi connectivity index (χ3n) is 5.58. The van der Waals surface area contributed by atoms with Gasteiger partial charge in [-0.15, -0.1) is 0 Å². The minimum atomic E-state index is 0.725. The van der Waals surface area contributed by atoms with Gasteiger partial charge in [0, 0.05) is 65.8 Å². The summed E-state index contributed by atoms with van der Waals surface area (Å²) in [5, 5.41) is 3.93. The van der Waals surface area contributed by atoms with Crippen molar-refractivity contribution in [1.29, 1.82) is 0 Å². The molecule has 4 aromatic rings. The minimum absolute atomic E-state index is 0.725. The summed E-state index contributed by atoms with van der Waals surface area (Å²) in [5.41, 5.74) is 6.32. The second-order valence-electron chi connectivity index (χ2n) is 7.25. The Morgan fingerprint density at radius 3 is 2.59 bits per heavy atom. The number of halogens is 2. The van der Waals surface area contributed by atoms with Crippen LogP contribution in [0, 0.1) is 0 Å². The summed E-state index contributed by atoms with van der Waals surface area (Å²) < 4.78 is 2.35. The van der Waals surface area contributed by atoms with Gasteiger partial charge in [-0.3, -0.25) is 9.88 Å². The van der Waals surface area contributed by atoms with Gasteiger partial charge in [-0.25, -0.2) is 0 Å². The Morgan fingerprint density at radius 1 is 1.00 bits per heavy atom. The molecule has 0 spiro atoms. The van der Waals surface area contributed by atoms with E-state index in [1.54, 1.807) is 0 Å². The summed E-state index contributed by atoms with van der Waals surface area (Å²) in [6.07, 6.45) is 3.06. The highest BCUT2D eigenvalue weighted by Crippen LogP contribution is 2.34. The number of rotatable bonds is 2. The lowest BCUT2D eigenvalue weighted by atomic mass is 10.0. The van der Waals surface area contributed by atoms with E-state index in [1.807, 2.05) is 30.5 Å². The van der Waals surface area contributed by atoms with Gasteiger partial charge < -0.3 is 4.57 Å². The fourth-order valence-electron chi connectivity index (χ4n) is 4.27. The van der Waals surface area contributed by atoms with Crippen molar-refractivity contribution in [3.05, 3.63) is 75.5 Å². The van der Waals surface area contributed by atoms with Crippen molar-refractivity contribution in [3.8, 4) is 0 Å². The van der Waals surface area contributed by atoms with Crippen LogP contribution in [-0.2, 0) is 26.6 Å². The van der Waals surface area contributed by atoms with E-state index < -0.39 is 0 Å². The molecule has 0 amide bonds. The van der Waals surface area contributed by atoms with Crippen molar-refractivity contribution in [3.63, 3.8) is 0 Å². The molecular formula is C22H19Cl2N3. The average molecular weight is 396 g/mol. The number of pyridine rings is 1. The predicted octanol–water partition coefficient (Wildman–Crippen LogP) is 5.59. The lowest BCUT2D eigenvalue weighted by Crippen LogP contribution is -2.30. The van der Waals surface area contributed by atoms with E-state index in [2.05, 4.69) is 39.7 Å². The minimum Gasteiger partial charge on any atom is -0.347 e. The molecule has 1 aliphatic rings. The lowest BCUT2D eigenvalue weighted by Gasteiger charge is -2.27. The van der Waals surface area contributed by atoms with Gasteiger partial charge in [0.1, 0.15) is 0 Å². The molecule has 1 aliphatic heterocycles. The predicted molar refractivity (Wildman–Crippen MR) is 113 cm³/mol. The van der Waals surface area contributed by atoms with E-state index in [-0.39, 0.29) is 0 Å². The Labute approximate surface area is 168 Å². The van der Waals surface area contributed by atoms with E-state index in [4.69, 9.17) is 23.2 Å². The van der Waals surface area contributed by atoms with Crippen LogP contribution in [0.3, 0.4) is 0 Å². The molecule has 3 nitrogen and oxygen atoms in total. The van der Waals surface area contributed by atoms with Gasteiger partial charge in [0.05, 0.1) is 11.0 Å². The maximum absolute atomic E-state index is 6.15. The Kier molecular flexibility index (Phi) is 4.12. The topological polar surface area (TPSA) is 21.1 Å². The number of benzene rings is 2. The lowest BCUT2D eigenvalue weighted by molar-refractivity contribution is 0.244.